The van der Waals surface area contributed by atoms with E-state index in [1.807, 2.05) is 43.3 Å². The number of hydrogen-bond donors (Lipinski definition) is 0. The Balaban J connectivity index is 1.53. The molecule has 2 heterocycles. The fourth-order valence-corrected chi connectivity index (χ4v) is 4.59. The van der Waals surface area contributed by atoms with Crippen molar-refractivity contribution in [1.29, 1.82) is 0 Å². The van der Waals surface area contributed by atoms with Crippen LogP contribution < -0.4 is 10.5 Å². The second-order valence-corrected chi connectivity index (χ2v) is 9.50. The van der Waals surface area contributed by atoms with Crippen LogP contribution in [0.25, 0.3) is 10.9 Å². The minimum Gasteiger partial charge on any atom is -0.467 e. The molecule has 34 heavy (non-hydrogen) atoms. The van der Waals surface area contributed by atoms with Crippen LogP contribution in [0.5, 0.6) is 0 Å². The van der Waals surface area contributed by atoms with E-state index in [0.717, 1.165) is 11.3 Å². The Kier molecular flexibility index (Phi) is 7.29. The van der Waals surface area contributed by atoms with Gasteiger partial charge in [0.15, 0.2) is 5.16 Å². The third-order valence-corrected chi connectivity index (χ3v) is 6.60. The summed E-state index contributed by atoms with van der Waals surface area (Å²) >= 11 is 7.34. The molecule has 0 atom stereocenters. The molecule has 2 aromatic carbocycles. The van der Waals surface area contributed by atoms with Crippen LogP contribution in [0.4, 0.5) is 5.69 Å². The second kappa shape index (κ2) is 10.4. The zero-order valence-electron chi connectivity index (χ0n) is 19.2. The number of carbonyl (C=O) groups is 1. The van der Waals surface area contributed by atoms with Crippen LogP contribution in [-0.2, 0) is 17.9 Å². The van der Waals surface area contributed by atoms with Crippen LogP contribution in [0.3, 0.4) is 0 Å². The molecule has 4 rings (SSSR count). The zero-order valence-corrected chi connectivity index (χ0v) is 20.8. The van der Waals surface area contributed by atoms with Crippen LogP contribution in [-0.4, -0.2) is 47.3 Å². The maximum Gasteiger partial charge on any atom is 0.262 e. The number of thioether (sulfide) groups is 1. The number of anilines is 1. The van der Waals surface area contributed by atoms with Crippen molar-refractivity contribution >= 4 is 45.9 Å². The first-order valence-corrected chi connectivity index (χ1v) is 12.0. The molecule has 0 saturated carbocycles. The smallest absolute Gasteiger partial charge is 0.262 e. The predicted octanol–water partition coefficient (Wildman–Crippen LogP) is 4.51. The molecule has 0 aliphatic rings. The first-order chi connectivity index (χ1) is 16.3. The van der Waals surface area contributed by atoms with Gasteiger partial charge in [-0.2, -0.15) is 0 Å². The summed E-state index contributed by atoms with van der Waals surface area (Å²) in [6, 6.07) is 16.6. The molecule has 0 N–H and O–H groups in total. The van der Waals surface area contributed by atoms with Crippen LogP contribution in [0, 0.1) is 0 Å². The Hall–Kier alpha value is -3.23. The van der Waals surface area contributed by atoms with Crippen molar-refractivity contribution in [1.82, 2.24) is 14.5 Å². The molecule has 0 aliphatic carbocycles. The minimum atomic E-state index is -0.206. The summed E-state index contributed by atoms with van der Waals surface area (Å²) in [5, 5.41) is 1.40. The molecule has 0 saturated heterocycles. The summed E-state index contributed by atoms with van der Waals surface area (Å²) in [7, 11) is 5.75. The summed E-state index contributed by atoms with van der Waals surface area (Å²) in [6.07, 6.45) is 1.56. The molecule has 0 radical (unpaired) electrons. The molecule has 1 amide bonds. The van der Waals surface area contributed by atoms with Gasteiger partial charge in [-0.3, -0.25) is 14.2 Å². The number of hydrogen-bond acceptors (Lipinski definition) is 6. The molecule has 0 bridgehead atoms. The number of carbonyl (C=O) groups excluding carboxylic acids is 1. The molecular formula is C25H25ClN4O3S. The van der Waals surface area contributed by atoms with Crippen molar-refractivity contribution in [2.75, 3.05) is 31.8 Å². The molecule has 2 aromatic heterocycles. The summed E-state index contributed by atoms with van der Waals surface area (Å²) in [5.41, 5.74) is 2.43. The zero-order chi connectivity index (χ0) is 24.2. The van der Waals surface area contributed by atoms with E-state index in [0.29, 0.717) is 33.4 Å². The average molecular weight is 497 g/mol. The van der Waals surface area contributed by atoms with Gasteiger partial charge in [-0.05, 0) is 48.0 Å². The highest BCUT2D eigenvalue weighted by Gasteiger charge is 2.17. The Morgan fingerprint density at radius 2 is 1.88 bits per heavy atom. The molecule has 4 aromatic rings. The molecule has 0 spiro atoms. The molecule has 9 heteroatoms. The molecule has 0 unspecified atom stereocenters. The average Bonchev–Trinajstić information content (AvgIpc) is 3.33. The van der Waals surface area contributed by atoms with E-state index in [1.54, 1.807) is 48.5 Å². The summed E-state index contributed by atoms with van der Waals surface area (Å²) in [6.45, 7) is 0.717. The molecule has 176 valence electrons. The van der Waals surface area contributed by atoms with E-state index in [2.05, 4.69) is 4.98 Å². The quantitative estimate of drug-likeness (QED) is 0.264. The van der Waals surface area contributed by atoms with E-state index in [4.69, 9.17) is 16.0 Å². The Morgan fingerprint density at radius 3 is 2.56 bits per heavy atom. The highest BCUT2D eigenvalue weighted by atomic mass is 35.5. The number of nitrogens with zero attached hydrogens (tertiary/aromatic N) is 4. The monoisotopic (exact) mass is 496 g/mol. The fraction of sp³-hybridized carbons (Fsp3) is 0.240. The number of fused-ring (bicyclic) bond motifs is 1. The van der Waals surface area contributed by atoms with Gasteiger partial charge in [0.2, 0.25) is 5.91 Å². The van der Waals surface area contributed by atoms with Crippen molar-refractivity contribution in [3.8, 4) is 0 Å². The van der Waals surface area contributed by atoms with Crippen molar-refractivity contribution in [3.05, 3.63) is 87.6 Å². The van der Waals surface area contributed by atoms with E-state index in [-0.39, 0.29) is 23.8 Å². The van der Waals surface area contributed by atoms with E-state index >= 15 is 0 Å². The largest absolute Gasteiger partial charge is 0.467 e. The summed E-state index contributed by atoms with van der Waals surface area (Å²) in [4.78, 5) is 34.4. The van der Waals surface area contributed by atoms with Gasteiger partial charge in [0.05, 0.1) is 29.5 Å². The number of amides is 1. The van der Waals surface area contributed by atoms with Crippen molar-refractivity contribution in [2.45, 2.75) is 18.2 Å². The SMILES string of the molecule is CN(Cc1ccc(N(C)C)cc1)C(=O)CSc1nc2cc(Cl)ccc2c(=O)n1Cc1ccco1. The lowest BCUT2D eigenvalue weighted by Gasteiger charge is -2.19. The number of rotatable bonds is 8. The second-order valence-electron chi connectivity index (χ2n) is 8.13. The molecule has 0 fully saturated rings. The maximum absolute atomic E-state index is 13.2. The summed E-state index contributed by atoms with van der Waals surface area (Å²) < 4.78 is 6.97. The Morgan fingerprint density at radius 1 is 1.12 bits per heavy atom. The summed E-state index contributed by atoms with van der Waals surface area (Å²) in [5.74, 6) is 0.707. The molecule has 7 nitrogen and oxygen atoms in total. The maximum atomic E-state index is 13.2. The third kappa shape index (κ3) is 5.46. The normalized spacial score (nSPS) is 11.1. The van der Waals surface area contributed by atoms with Gasteiger partial charge in [0, 0.05) is 38.4 Å². The highest BCUT2D eigenvalue weighted by molar-refractivity contribution is 7.99. The number of aromatic nitrogens is 2. The van der Waals surface area contributed by atoms with Crippen LogP contribution >= 0.6 is 23.4 Å². The third-order valence-electron chi connectivity index (χ3n) is 5.40. The number of furan rings is 1. The van der Waals surface area contributed by atoms with Crippen molar-refractivity contribution < 1.29 is 9.21 Å². The highest BCUT2D eigenvalue weighted by Crippen LogP contribution is 2.22. The topological polar surface area (TPSA) is 71.6 Å². The standard InChI is InChI=1S/C25H25ClN4O3S/c1-28(2)19-9-6-17(7-10-19)14-29(3)23(31)16-34-25-27-22-13-18(26)8-11-21(22)24(32)30(25)15-20-5-4-12-33-20/h4-13H,14-16H2,1-3H3. The van der Waals surface area contributed by atoms with Crippen molar-refractivity contribution in [2.24, 2.45) is 0 Å². The Labute approximate surface area is 206 Å². The van der Waals surface area contributed by atoms with Gasteiger partial charge in [0.25, 0.3) is 5.56 Å². The number of halogens is 1. The predicted molar refractivity (Wildman–Crippen MR) is 137 cm³/mol. The Bertz CT molecular complexity index is 1350. The minimum absolute atomic E-state index is 0.0633. The molecule has 0 aliphatic heterocycles. The van der Waals surface area contributed by atoms with Gasteiger partial charge in [-0.25, -0.2) is 4.98 Å². The lowest BCUT2D eigenvalue weighted by Crippen LogP contribution is -2.29. The van der Waals surface area contributed by atoms with Gasteiger partial charge < -0.3 is 14.2 Å². The van der Waals surface area contributed by atoms with E-state index in [1.165, 1.54) is 16.3 Å². The van der Waals surface area contributed by atoms with Gasteiger partial charge >= 0.3 is 0 Å². The lowest BCUT2D eigenvalue weighted by molar-refractivity contribution is -0.127. The van der Waals surface area contributed by atoms with Gasteiger partial charge in [0.1, 0.15) is 5.76 Å². The van der Waals surface area contributed by atoms with Gasteiger partial charge in [-0.1, -0.05) is 35.5 Å². The van der Waals surface area contributed by atoms with Crippen molar-refractivity contribution in [3.63, 3.8) is 0 Å². The lowest BCUT2D eigenvalue weighted by atomic mass is 10.2. The fourth-order valence-electron chi connectivity index (χ4n) is 3.48. The first-order valence-electron chi connectivity index (χ1n) is 10.7. The van der Waals surface area contributed by atoms with Gasteiger partial charge in [-0.15, -0.1) is 0 Å². The van der Waals surface area contributed by atoms with E-state index < -0.39 is 0 Å². The first kappa shape index (κ1) is 23.9. The molecular weight excluding hydrogens is 472 g/mol. The van der Waals surface area contributed by atoms with Crippen LogP contribution in [0.2, 0.25) is 5.02 Å². The van der Waals surface area contributed by atoms with E-state index in [9.17, 15) is 9.59 Å². The van der Waals surface area contributed by atoms with Crippen LogP contribution in [0.1, 0.15) is 11.3 Å². The van der Waals surface area contributed by atoms with Crippen LogP contribution in [0.15, 0.2) is 75.2 Å². The number of benzene rings is 2.